The van der Waals surface area contributed by atoms with Crippen molar-refractivity contribution in [2.45, 2.75) is 32.6 Å². The Kier molecular flexibility index (Phi) is 5.56. The van der Waals surface area contributed by atoms with E-state index in [1.165, 1.54) is 33.7 Å². The van der Waals surface area contributed by atoms with Crippen LogP contribution in [0, 0.1) is 0 Å². The Bertz CT molecular complexity index is 1320. The van der Waals surface area contributed by atoms with Crippen molar-refractivity contribution in [2.24, 2.45) is 0 Å². The van der Waals surface area contributed by atoms with Gasteiger partial charge in [-0.3, -0.25) is 14.9 Å². The molecule has 0 aliphatic rings. The number of amides is 1. The van der Waals surface area contributed by atoms with Gasteiger partial charge in [0.2, 0.25) is 5.95 Å². The Morgan fingerprint density at radius 2 is 2.00 bits per heavy atom. The largest absolute Gasteiger partial charge is 0.467 e. The minimum absolute atomic E-state index is 0.0226. The Hall–Kier alpha value is -3.89. The summed E-state index contributed by atoms with van der Waals surface area (Å²) in [5, 5.41) is 6.64. The zero-order valence-corrected chi connectivity index (χ0v) is 16.9. The van der Waals surface area contributed by atoms with Gasteiger partial charge >= 0.3 is 6.18 Å². The molecule has 0 aliphatic heterocycles. The van der Waals surface area contributed by atoms with Gasteiger partial charge < -0.3 is 8.98 Å². The minimum atomic E-state index is -4.53. The van der Waals surface area contributed by atoms with Crippen LogP contribution in [0.15, 0.2) is 57.9 Å². The third-order valence-corrected chi connectivity index (χ3v) is 4.73. The highest BCUT2D eigenvalue weighted by Crippen LogP contribution is 2.32. The first-order valence-electron chi connectivity index (χ1n) is 9.75. The van der Waals surface area contributed by atoms with Crippen LogP contribution in [-0.4, -0.2) is 25.2 Å². The lowest BCUT2D eigenvalue weighted by Crippen LogP contribution is -2.26. The Morgan fingerprint density at radius 1 is 1.19 bits per heavy atom. The van der Waals surface area contributed by atoms with Gasteiger partial charge in [0.25, 0.3) is 11.5 Å². The molecule has 4 aromatic rings. The van der Waals surface area contributed by atoms with E-state index < -0.39 is 17.6 Å². The van der Waals surface area contributed by atoms with Gasteiger partial charge in [-0.25, -0.2) is 9.67 Å². The van der Waals surface area contributed by atoms with Crippen LogP contribution in [0.4, 0.5) is 19.1 Å². The molecule has 0 saturated heterocycles. The van der Waals surface area contributed by atoms with Gasteiger partial charge in [-0.15, -0.1) is 0 Å². The maximum atomic E-state index is 13.1. The number of benzene rings is 1. The van der Waals surface area contributed by atoms with Crippen LogP contribution >= 0.6 is 0 Å². The molecule has 0 fully saturated rings. The van der Waals surface area contributed by atoms with E-state index in [2.05, 4.69) is 15.4 Å². The molecule has 0 bridgehead atoms. The molecular formula is C21H18F3N5O3. The number of aromatic nitrogens is 4. The number of anilines is 1. The third kappa shape index (κ3) is 4.27. The zero-order valence-electron chi connectivity index (χ0n) is 16.9. The molecule has 1 aromatic carbocycles. The summed E-state index contributed by atoms with van der Waals surface area (Å²) < 4.78 is 47.5. The number of imidazole rings is 1. The van der Waals surface area contributed by atoms with Crippen LogP contribution < -0.4 is 10.9 Å². The number of hydrogen-bond acceptors (Lipinski definition) is 5. The van der Waals surface area contributed by atoms with Crippen molar-refractivity contribution < 1.29 is 22.4 Å². The number of fused-ring (bicyclic) bond motifs is 1. The molecule has 3 aromatic heterocycles. The lowest BCUT2D eigenvalue weighted by Gasteiger charge is -2.10. The van der Waals surface area contributed by atoms with Crippen LogP contribution in [0.1, 0.15) is 35.2 Å². The molecule has 11 heteroatoms. The number of nitrogens with one attached hydrogen (secondary N) is 1. The number of aryl methyl sites for hydroxylation is 1. The average molecular weight is 445 g/mol. The maximum Gasteiger partial charge on any atom is 0.416 e. The average Bonchev–Trinajstić information content (AvgIpc) is 3.37. The van der Waals surface area contributed by atoms with E-state index in [0.29, 0.717) is 24.2 Å². The summed E-state index contributed by atoms with van der Waals surface area (Å²) in [5.74, 6) is -0.105. The molecule has 0 aliphatic carbocycles. The number of halogens is 3. The van der Waals surface area contributed by atoms with Gasteiger partial charge in [0.1, 0.15) is 11.5 Å². The van der Waals surface area contributed by atoms with Gasteiger partial charge in [0.15, 0.2) is 0 Å². The first kappa shape index (κ1) is 21.3. The predicted octanol–water partition coefficient (Wildman–Crippen LogP) is 3.92. The predicted molar refractivity (Wildman–Crippen MR) is 109 cm³/mol. The van der Waals surface area contributed by atoms with E-state index in [0.717, 1.165) is 12.1 Å². The second-order valence-electron chi connectivity index (χ2n) is 7.04. The molecule has 3 heterocycles. The number of hydrogen-bond donors (Lipinski definition) is 1. The molecule has 0 saturated carbocycles. The Morgan fingerprint density at radius 3 is 2.69 bits per heavy atom. The highest BCUT2D eigenvalue weighted by Gasteiger charge is 2.31. The van der Waals surface area contributed by atoms with Crippen molar-refractivity contribution in [3.8, 4) is 0 Å². The molecule has 0 unspecified atom stereocenters. The standard InChI is InChI=1S/C21H18F3N5O3/c1-2-9-29-18(30)8-6-15(27-29)19(31)26-20-25-16-11-13(21(22,23)24)5-7-17(16)28(20)12-14-4-3-10-32-14/h3-8,10-11H,2,9,12H2,1H3,(H,25,26,31). The van der Waals surface area contributed by atoms with Crippen LogP contribution in [0.5, 0.6) is 0 Å². The summed E-state index contributed by atoms with van der Waals surface area (Å²) in [7, 11) is 0. The molecular weight excluding hydrogens is 427 g/mol. The first-order valence-corrected chi connectivity index (χ1v) is 9.75. The van der Waals surface area contributed by atoms with Gasteiger partial charge in [-0.1, -0.05) is 6.92 Å². The fourth-order valence-corrected chi connectivity index (χ4v) is 3.23. The topological polar surface area (TPSA) is 95.0 Å². The van der Waals surface area contributed by atoms with Crippen molar-refractivity contribution in [3.05, 3.63) is 76.1 Å². The number of carbonyl (C=O) groups excluding carboxylic acids is 1. The number of nitrogens with zero attached hydrogens (tertiary/aromatic N) is 4. The van der Waals surface area contributed by atoms with Crippen molar-refractivity contribution >= 4 is 22.9 Å². The van der Waals surface area contributed by atoms with Crippen LogP contribution in [0.2, 0.25) is 0 Å². The van der Waals surface area contributed by atoms with Gasteiger partial charge in [-0.2, -0.15) is 18.3 Å². The number of carbonyl (C=O) groups is 1. The van der Waals surface area contributed by atoms with Gasteiger partial charge in [0.05, 0.1) is 29.4 Å². The molecule has 0 radical (unpaired) electrons. The molecule has 0 spiro atoms. The van der Waals surface area contributed by atoms with Crippen molar-refractivity contribution in [3.63, 3.8) is 0 Å². The number of furan rings is 1. The fraction of sp³-hybridized carbons (Fsp3) is 0.238. The highest BCUT2D eigenvalue weighted by molar-refractivity contribution is 6.02. The summed E-state index contributed by atoms with van der Waals surface area (Å²) in [6.07, 6.45) is -2.41. The van der Waals surface area contributed by atoms with E-state index >= 15 is 0 Å². The summed E-state index contributed by atoms with van der Waals surface area (Å²) in [5.41, 5.74) is -0.767. The smallest absolute Gasteiger partial charge is 0.416 e. The lowest BCUT2D eigenvalue weighted by atomic mass is 10.2. The van der Waals surface area contributed by atoms with E-state index in [1.54, 1.807) is 12.1 Å². The van der Waals surface area contributed by atoms with Crippen molar-refractivity contribution in [2.75, 3.05) is 5.32 Å². The van der Waals surface area contributed by atoms with E-state index in [1.807, 2.05) is 6.92 Å². The highest BCUT2D eigenvalue weighted by atomic mass is 19.4. The molecule has 1 amide bonds. The minimum Gasteiger partial charge on any atom is -0.467 e. The summed E-state index contributed by atoms with van der Waals surface area (Å²) in [6.45, 7) is 2.34. The second-order valence-corrected chi connectivity index (χ2v) is 7.04. The lowest BCUT2D eigenvalue weighted by molar-refractivity contribution is -0.137. The number of alkyl halides is 3. The van der Waals surface area contributed by atoms with E-state index in [9.17, 15) is 22.8 Å². The van der Waals surface area contributed by atoms with Crippen molar-refractivity contribution in [1.82, 2.24) is 19.3 Å². The first-order chi connectivity index (χ1) is 15.3. The molecule has 166 valence electrons. The molecule has 8 nitrogen and oxygen atoms in total. The van der Waals surface area contributed by atoms with Crippen molar-refractivity contribution in [1.29, 1.82) is 0 Å². The Labute approximate surface area is 179 Å². The molecule has 4 rings (SSSR count). The molecule has 1 N–H and O–H groups in total. The third-order valence-electron chi connectivity index (χ3n) is 4.73. The zero-order chi connectivity index (χ0) is 22.9. The quantitative estimate of drug-likeness (QED) is 0.486. The van der Waals surface area contributed by atoms with E-state index in [4.69, 9.17) is 4.42 Å². The molecule has 32 heavy (non-hydrogen) atoms. The van der Waals surface area contributed by atoms with Crippen LogP contribution in [-0.2, 0) is 19.3 Å². The second kappa shape index (κ2) is 8.33. The fourth-order valence-electron chi connectivity index (χ4n) is 3.23. The molecule has 0 atom stereocenters. The summed E-state index contributed by atoms with van der Waals surface area (Å²) in [6, 6.07) is 9.06. The maximum absolute atomic E-state index is 13.1. The normalized spacial score (nSPS) is 11.8. The van der Waals surface area contributed by atoms with Crippen LogP contribution in [0.3, 0.4) is 0 Å². The van der Waals surface area contributed by atoms with E-state index in [-0.39, 0.29) is 29.3 Å². The van der Waals surface area contributed by atoms with Crippen LogP contribution in [0.25, 0.3) is 11.0 Å². The monoisotopic (exact) mass is 445 g/mol. The SMILES string of the molecule is CCCn1nc(C(=O)Nc2nc3cc(C(F)(F)F)ccc3n2Cc2ccco2)ccc1=O. The number of rotatable bonds is 6. The summed E-state index contributed by atoms with van der Waals surface area (Å²) >= 11 is 0. The van der Waals surface area contributed by atoms with Gasteiger partial charge in [-0.05, 0) is 42.8 Å². The Balaban J connectivity index is 1.74. The summed E-state index contributed by atoms with van der Waals surface area (Å²) in [4.78, 5) is 28.9. The van der Waals surface area contributed by atoms with Gasteiger partial charge in [0, 0.05) is 12.6 Å².